The van der Waals surface area contributed by atoms with E-state index in [-0.39, 0.29) is 11.7 Å². The van der Waals surface area contributed by atoms with Crippen molar-refractivity contribution in [1.29, 1.82) is 5.26 Å². The summed E-state index contributed by atoms with van der Waals surface area (Å²) < 4.78 is 0. The number of hydrogen-bond acceptors (Lipinski definition) is 2. The van der Waals surface area contributed by atoms with Gasteiger partial charge in [-0.05, 0) is 19.3 Å². The molecule has 0 bridgehead atoms. The van der Waals surface area contributed by atoms with Crippen molar-refractivity contribution in [3.63, 3.8) is 0 Å². The van der Waals surface area contributed by atoms with E-state index in [1.165, 1.54) is 0 Å². The van der Waals surface area contributed by atoms with E-state index in [0.29, 0.717) is 18.8 Å². The first-order valence-corrected chi connectivity index (χ1v) is 3.97. The predicted molar refractivity (Wildman–Crippen MR) is 43.9 cm³/mol. The van der Waals surface area contributed by atoms with E-state index in [4.69, 9.17) is 5.26 Å². The molecule has 0 aliphatic carbocycles. The number of Topliss-reactive ketones (excluding diaryl/α,β-unsaturated/α-hetero) is 1. The highest BCUT2D eigenvalue weighted by Crippen LogP contribution is 2.17. The second kappa shape index (κ2) is 4.90. The predicted octanol–water partition coefficient (Wildman–Crippen LogP) is 2.15. The molecule has 0 aliphatic heterocycles. The zero-order chi connectivity index (χ0) is 8.85. The molecule has 0 saturated heterocycles. The highest BCUT2D eigenvalue weighted by atomic mass is 16.1. The topological polar surface area (TPSA) is 40.9 Å². The van der Waals surface area contributed by atoms with Crippen LogP contribution in [0.25, 0.3) is 0 Å². The van der Waals surface area contributed by atoms with Crippen LogP contribution in [0.2, 0.25) is 0 Å². The molecule has 11 heavy (non-hydrogen) atoms. The van der Waals surface area contributed by atoms with Crippen molar-refractivity contribution < 1.29 is 4.79 Å². The van der Waals surface area contributed by atoms with Crippen LogP contribution in [0.4, 0.5) is 0 Å². The number of ketones is 1. The second-order valence-electron chi connectivity index (χ2n) is 3.16. The van der Waals surface area contributed by atoms with E-state index in [1.807, 2.05) is 13.8 Å². The summed E-state index contributed by atoms with van der Waals surface area (Å²) in [5.74, 6) is 0.644. The Balaban J connectivity index is 3.92. The molecule has 0 unspecified atom stereocenters. The Kier molecular flexibility index (Phi) is 4.52. The minimum absolute atomic E-state index is 0.0784. The third-order valence-corrected chi connectivity index (χ3v) is 1.89. The van der Waals surface area contributed by atoms with E-state index in [1.54, 1.807) is 6.92 Å². The Hall–Kier alpha value is -0.840. The number of nitrogens with zero attached hydrogens (tertiary/aromatic N) is 1. The Morgan fingerprint density at radius 1 is 1.55 bits per heavy atom. The average Bonchev–Trinajstić information content (AvgIpc) is 1.87. The lowest BCUT2D eigenvalue weighted by Gasteiger charge is -2.15. The summed E-state index contributed by atoms with van der Waals surface area (Å²) >= 11 is 0. The third-order valence-electron chi connectivity index (χ3n) is 1.89. The molecule has 2 nitrogen and oxygen atoms in total. The molecule has 1 atom stereocenters. The van der Waals surface area contributed by atoms with Gasteiger partial charge in [0.25, 0.3) is 0 Å². The average molecular weight is 153 g/mol. The number of nitriles is 1. The van der Waals surface area contributed by atoms with E-state index in [9.17, 15) is 4.79 Å². The molecule has 2 heteroatoms. The van der Waals surface area contributed by atoms with Gasteiger partial charge in [-0.15, -0.1) is 0 Å². The van der Waals surface area contributed by atoms with Crippen molar-refractivity contribution in [3.8, 4) is 6.07 Å². The number of hydrogen-bond donors (Lipinski definition) is 0. The summed E-state index contributed by atoms with van der Waals surface area (Å²) in [6, 6.07) is 2.06. The van der Waals surface area contributed by atoms with Gasteiger partial charge in [-0.2, -0.15) is 5.26 Å². The summed E-state index contributed by atoms with van der Waals surface area (Å²) in [7, 11) is 0. The fraction of sp³-hybridized carbons (Fsp3) is 0.778. The molecular formula is C9H15NO. The van der Waals surface area contributed by atoms with E-state index >= 15 is 0 Å². The summed E-state index contributed by atoms with van der Waals surface area (Å²) in [6.07, 6.45) is 1.20. The lowest BCUT2D eigenvalue weighted by molar-refractivity contribution is -0.122. The van der Waals surface area contributed by atoms with Gasteiger partial charge in [0.1, 0.15) is 5.78 Å². The largest absolute Gasteiger partial charge is 0.300 e. The van der Waals surface area contributed by atoms with E-state index < -0.39 is 0 Å². The van der Waals surface area contributed by atoms with Gasteiger partial charge >= 0.3 is 0 Å². The second-order valence-corrected chi connectivity index (χ2v) is 3.16. The maximum absolute atomic E-state index is 11.0. The molecule has 0 spiro atoms. The summed E-state index contributed by atoms with van der Waals surface area (Å²) in [5.41, 5.74) is 0. The molecule has 0 rings (SSSR count). The molecule has 0 amide bonds. The highest BCUT2D eigenvalue weighted by Gasteiger charge is 2.17. The lowest BCUT2D eigenvalue weighted by atomic mass is 9.88. The summed E-state index contributed by atoms with van der Waals surface area (Å²) in [6.45, 7) is 5.63. The molecule has 0 aromatic carbocycles. The SMILES string of the molecule is CC(=O)[C@@H](CCC#N)C(C)C. The number of carbonyl (C=O) groups is 1. The van der Waals surface area contributed by atoms with Crippen LogP contribution in [-0.4, -0.2) is 5.78 Å². The van der Waals surface area contributed by atoms with Crippen LogP contribution in [-0.2, 0) is 4.79 Å². The smallest absolute Gasteiger partial charge is 0.133 e. The van der Waals surface area contributed by atoms with Crippen molar-refractivity contribution in [3.05, 3.63) is 0 Å². The van der Waals surface area contributed by atoms with Crippen LogP contribution in [0.15, 0.2) is 0 Å². The quantitative estimate of drug-likeness (QED) is 0.621. The van der Waals surface area contributed by atoms with Crippen LogP contribution >= 0.6 is 0 Å². The first-order valence-electron chi connectivity index (χ1n) is 3.97. The van der Waals surface area contributed by atoms with Crippen molar-refractivity contribution in [2.45, 2.75) is 33.6 Å². The van der Waals surface area contributed by atoms with Crippen molar-refractivity contribution in [2.24, 2.45) is 11.8 Å². The summed E-state index contributed by atoms with van der Waals surface area (Å²) in [4.78, 5) is 11.0. The summed E-state index contributed by atoms with van der Waals surface area (Å²) in [5, 5.41) is 8.32. The minimum Gasteiger partial charge on any atom is -0.300 e. The van der Waals surface area contributed by atoms with Crippen LogP contribution in [0, 0.1) is 23.2 Å². The Labute approximate surface area is 68.2 Å². The van der Waals surface area contributed by atoms with Crippen LogP contribution in [0.3, 0.4) is 0 Å². The highest BCUT2D eigenvalue weighted by molar-refractivity contribution is 5.78. The van der Waals surface area contributed by atoms with Gasteiger partial charge in [0.15, 0.2) is 0 Å². The zero-order valence-electron chi connectivity index (χ0n) is 7.42. The molecule has 0 aromatic rings. The molecule has 0 fully saturated rings. The normalized spacial score (nSPS) is 12.6. The lowest BCUT2D eigenvalue weighted by Crippen LogP contribution is -2.16. The Bertz CT molecular complexity index is 167. The van der Waals surface area contributed by atoms with Crippen molar-refractivity contribution in [1.82, 2.24) is 0 Å². The van der Waals surface area contributed by atoms with Crippen molar-refractivity contribution in [2.75, 3.05) is 0 Å². The van der Waals surface area contributed by atoms with Gasteiger partial charge in [0, 0.05) is 12.3 Å². The molecule has 0 aliphatic rings. The maximum Gasteiger partial charge on any atom is 0.133 e. The monoisotopic (exact) mass is 153 g/mol. The molecule has 0 saturated carbocycles. The molecule has 62 valence electrons. The third kappa shape index (κ3) is 3.77. The fourth-order valence-corrected chi connectivity index (χ4v) is 1.23. The van der Waals surface area contributed by atoms with Crippen LogP contribution in [0.1, 0.15) is 33.6 Å². The van der Waals surface area contributed by atoms with Gasteiger partial charge in [0.2, 0.25) is 0 Å². The van der Waals surface area contributed by atoms with E-state index in [0.717, 1.165) is 0 Å². The fourth-order valence-electron chi connectivity index (χ4n) is 1.23. The number of carbonyl (C=O) groups excluding carboxylic acids is 1. The van der Waals surface area contributed by atoms with Gasteiger partial charge in [-0.3, -0.25) is 4.79 Å². The molecular weight excluding hydrogens is 138 g/mol. The Morgan fingerprint density at radius 3 is 2.36 bits per heavy atom. The molecule has 0 heterocycles. The van der Waals surface area contributed by atoms with Gasteiger partial charge in [-0.1, -0.05) is 13.8 Å². The zero-order valence-corrected chi connectivity index (χ0v) is 7.42. The molecule has 0 N–H and O–H groups in total. The molecule has 0 radical (unpaired) electrons. The van der Waals surface area contributed by atoms with E-state index in [2.05, 4.69) is 6.07 Å². The van der Waals surface area contributed by atoms with Crippen LogP contribution < -0.4 is 0 Å². The van der Waals surface area contributed by atoms with Gasteiger partial charge in [0.05, 0.1) is 6.07 Å². The standard InChI is InChI=1S/C9H15NO/c1-7(2)9(8(3)11)5-4-6-10/h7,9H,4-5H2,1-3H3/t9-/m0/s1. The van der Waals surface area contributed by atoms with Crippen LogP contribution in [0.5, 0.6) is 0 Å². The first-order chi connectivity index (χ1) is 5.09. The van der Waals surface area contributed by atoms with Gasteiger partial charge in [-0.25, -0.2) is 0 Å². The van der Waals surface area contributed by atoms with Crippen molar-refractivity contribution >= 4 is 5.78 Å². The Morgan fingerprint density at radius 2 is 2.09 bits per heavy atom. The molecule has 0 aromatic heterocycles. The van der Waals surface area contributed by atoms with Gasteiger partial charge < -0.3 is 0 Å². The first kappa shape index (κ1) is 10.2. The minimum atomic E-state index is 0.0784. The number of rotatable bonds is 4. The maximum atomic E-state index is 11.0.